The SMILES string of the molecule is CCC1CCCCC1NC(=O)NC1CCC(C(=O)O)CC1. The molecule has 0 spiro atoms. The van der Waals surface area contributed by atoms with Crippen molar-refractivity contribution in [3.63, 3.8) is 0 Å². The molecule has 5 nitrogen and oxygen atoms in total. The highest BCUT2D eigenvalue weighted by molar-refractivity contribution is 5.74. The lowest BCUT2D eigenvalue weighted by atomic mass is 9.83. The Kier molecular flexibility index (Phi) is 5.88. The molecule has 2 saturated carbocycles. The molecule has 2 aliphatic carbocycles. The Labute approximate surface area is 126 Å². The van der Waals surface area contributed by atoms with E-state index < -0.39 is 5.97 Å². The third-order valence-corrected chi connectivity index (χ3v) is 5.16. The number of hydrogen-bond acceptors (Lipinski definition) is 2. The number of carbonyl (C=O) groups excluding carboxylic acids is 1. The second-order valence-electron chi connectivity index (χ2n) is 6.56. The topological polar surface area (TPSA) is 78.4 Å². The molecule has 3 N–H and O–H groups in total. The van der Waals surface area contributed by atoms with E-state index in [9.17, 15) is 9.59 Å². The molecule has 0 aromatic rings. The number of carbonyl (C=O) groups is 2. The van der Waals surface area contributed by atoms with Gasteiger partial charge >= 0.3 is 12.0 Å². The van der Waals surface area contributed by atoms with E-state index in [-0.39, 0.29) is 18.0 Å². The third-order valence-electron chi connectivity index (χ3n) is 5.16. The van der Waals surface area contributed by atoms with Gasteiger partial charge in [-0.3, -0.25) is 4.79 Å². The maximum Gasteiger partial charge on any atom is 0.315 e. The number of carboxylic acid groups (broad SMARTS) is 1. The molecule has 0 aliphatic heterocycles. The van der Waals surface area contributed by atoms with Crippen molar-refractivity contribution in [1.82, 2.24) is 10.6 Å². The molecule has 2 unspecified atom stereocenters. The van der Waals surface area contributed by atoms with E-state index in [1.807, 2.05) is 0 Å². The van der Waals surface area contributed by atoms with Gasteiger partial charge in [-0.25, -0.2) is 4.79 Å². The van der Waals surface area contributed by atoms with Crippen LogP contribution < -0.4 is 10.6 Å². The molecule has 2 rings (SSSR count). The van der Waals surface area contributed by atoms with Gasteiger partial charge in [0.25, 0.3) is 0 Å². The molecule has 2 fully saturated rings. The Bertz CT molecular complexity index is 365. The Morgan fingerprint density at radius 1 is 1.00 bits per heavy atom. The lowest BCUT2D eigenvalue weighted by Gasteiger charge is -2.33. The van der Waals surface area contributed by atoms with Crippen molar-refractivity contribution in [3.05, 3.63) is 0 Å². The quantitative estimate of drug-likeness (QED) is 0.746. The average Bonchev–Trinajstić information content (AvgIpc) is 2.48. The fourth-order valence-corrected chi connectivity index (χ4v) is 3.77. The molecule has 2 aliphatic rings. The van der Waals surface area contributed by atoms with Crippen LogP contribution in [0.15, 0.2) is 0 Å². The molecular formula is C16H28N2O3. The van der Waals surface area contributed by atoms with Crippen molar-refractivity contribution in [2.75, 3.05) is 0 Å². The van der Waals surface area contributed by atoms with Crippen LogP contribution in [0.3, 0.4) is 0 Å². The maximum absolute atomic E-state index is 12.1. The Hall–Kier alpha value is -1.26. The zero-order valence-corrected chi connectivity index (χ0v) is 12.9. The van der Waals surface area contributed by atoms with Crippen LogP contribution in [-0.4, -0.2) is 29.2 Å². The first-order valence-corrected chi connectivity index (χ1v) is 8.40. The van der Waals surface area contributed by atoms with E-state index >= 15 is 0 Å². The summed E-state index contributed by atoms with van der Waals surface area (Å²) in [5.41, 5.74) is 0. The van der Waals surface area contributed by atoms with Crippen LogP contribution in [0.4, 0.5) is 4.79 Å². The summed E-state index contributed by atoms with van der Waals surface area (Å²) in [5, 5.41) is 15.1. The lowest BCUT2D eigenvalue weighted by Crippen LogP contribution is -2.50. The zero-order valence-electron chi connectivity index (χ0n) is 12.9. The first-order chi connectivity index (χ1) is 10.1. The third kappa shape index (κ3) is 4.61. The standard InChI is InChI=1S/C16H28N2O3/c1-2-11-5-3-4-6-14(11)18-16(21)17-13-9-7-12(8-10-13)15(19)20/h11-14H,2-10H2,1H3,(H,19,20)(H2,17,18,21). The predicted molar refractivity (Wildman–Crippen MR) is 81.1 cm³/mol. The number of rotatable bonds is 4. The van der Waals surface area contributed by atoms with Crippen molar-refractivity contribution >= 4 is 12.0 Å². The predicted octanol–water partition coefficient (Wildman–Crippen LogP) is 2.90. The van der Waals surface area contributed by atoms with Crippen molar-refractivity contribution < 1.29 is 14.7 Å². The van der Waals surface area contributed by atoms with Gasteiger partial charge in [-0.15, -0.1) is 0 Å². The molecule has 2 amide bonds. The second-order valence-corrected chi connectivity index (χ2v) is 6.56. The van der Waals surface area contributed by atoms with Crippen LogP contribution in [0.1, 0.15) is 64.7 Å². The molecular weight excluding hydrogens is 268 g/mol. The van der Waals surface area contributed by atoms with Crippen LogP contribution in [0.25, 0.3) is 0 Å². The average molecular weight is 296 g/mol. The van der Waals surface area contributed by atoms with Gasteiger partial charge in [-0.2, -0.15) is 0 Å². The van der Waals surface area contributed by atoms with Crippen LogP contribution in [0, 0.1) is 11.8 Å². The van der Waals surface area contributed by atoms with Crippen molar-refractivity contribution in [2.45, 2.75) is 76.8 Å². The van der Waals surface area contributed by atoms with E-state index in [0.29, 0.717) is 24.8 Å². The molecule has 0 heterocycles. The van der Waals surface area contributed by atoms with Gasteiger partial charge in [-0.05, 0) is 44.4 Å². The van der Waals surface area contributed by atoms with E-state index in [2.05, 4.69) is 17.6 Å². The Morgan fingerprint density at radius 2 is 1.67 bits per heavy atom. The molecule has 5 heteroatoms. The van der Waals surface area contributed by atoms with E-state index in [0.717, 1.165) is 25.7 Å². The van der Waals surface area contributed by atoms with Gasteiger partial charge in [-0.1, -0.05) is 26.2 Å². The van der Waals surface area contributed by atoms with E-state index in [1.54, 1.807) is 0 Å². The number of nitrogens with one attached hydrogen (secondary N) is 2. The van der Waals surface area contributed by atoms with Crippen molar-refractivity contribution in [2.24, 2.45) is 11.8 Å². The van der Waals surface area contributed by atoms with Gasteiger partial charge in [0.1, 0.15) is 0 Å². The van der Waals surface area contributed by atoms with E-state index in [1.165, 1.54) is 19.3 Å². The number of urea groups is 1. The molecule has 0 aromatic carbocycles. The van der Waals surface area contributed by atoms with Crippen LogP contribution in [0.2, 0.25) is 0 Å². The smallest absolute Gasteiger partial charge is 0.315 e. The highest BCUT2D eigenvalue weighted by Crippen LogP contribution is 2.27. The van der Waals surface area contributed by atoms with Crippen LogP contribution >= 0.6 is 0 Å². The van der Waals surface area contributed by atoms with Gasteiger partial charge in [0.05, 0.1) is 5.92 Å². The minimum Gasteiger partial charge on any atom is -0.481 e. The fraction of sp³-hybridized carbons (Fsp3) is 0.875. The molecule has 0 bridgehead atoms. The van der Waals surface area contributed by atoms with Crippen molar-refractivity contribution in [1.29, 1.82) is 0 Å². The van der Waals surface area contributed by atoms with Crippen molar-refractivity contribution in [3.8, 4) is 0 Å². The summed E-state index contributed by atoms with van der Waals surface area (Å²) in [7, 11) is 0. The summed E-state index contributed by atoms with van der Waals surface area (Å²) in [6.45, 7) is 2.19. The molecule has 0 saturated heterocycles. The van der Waals surface area contributed by atoms with Gasteiger partial charge in [0, 0.05) is 12.1 Å². The summed E-state index contributed by atoms with van der Waals surface area (Å²) in [4.78, 5) is 23.0. The molecule has 2 atom stereocenters. The fourth-order valence-electron chi connectivity index (χ4n) is 3.77. The number of aliphatic carboxylic acids is 1. The minimum absolute atomic E-state index is 0.0703. The maximum atomic E-state index is 12.1. The molecule has 120 valence electrons. The highest BCUT2D eigenvalue weighted by Gasteiger charge is 2.28. The normalized spacial score (nSPS) is 33.2. The van der Waals surface area contributed by atoms with Gasteiger partial charge < -0.3 is 15.7 Å². The lowest BCUT2D eigenvalue weighted by molar-refractivity contribution is -0.142. The second kappa shape index (κ2) is 7.66. The number of hydrogen-bond donors (Lipinski definition) is 3. The Balaban J connectivity index is 1.73. The monoisotopic (exact) mass is 296 g/mol. The summed E-state index contributed by atoms with van der Waals surface area (Å²) in [6, 6.07) is 0.363. The summed E-state index contributed by atoms with van der Waals surface area (Å²) >= 11 is 0. The summed E-state index contributed by atoms with van der Waals surface area (Å²) in [6.07, 6.45) is 8.77. The van der Waals surface area contributed by atoms with E-state index in [4.69, 9.17) is 5.11 Å². The number of carboxylic acids is 1. The summed E-state index contributed by atoms with van der Waals surface area (Å²) in [5.74, 6) is -0.327. The molecule has 0 radical (unpaired) electrons. The van der Waals surface area contributed by atoms with Crippen LogP contribution in [0.5, 0.6) is 0 Å². The first kappa shape index (κ1) is 16.1. The zero-order chi connectivity index (χ0) is 15.2. The number of amides is 2. The largest absolute Gasteiger partial charge is 0.481 e. The summed E-state index contributed by atoms with van der Waals surface area (Å²) < 4.78 is 0. The molecule has 0 aromatic heterocycles. The Morgan fingerprint density at radius 3 is 2.29 bits per heavy atom. The highest BCUT2D eigenvalue weighted by atomic mass is 16.4. The minimum atomic E-state index is -0.703. The molecule has 21 heavy (non-hydrogen) atoms. The van der Waals surface area contributed by atoms with Gasteiger partial charge in [0.2, 0.25) is 0 Å². The van der Waals surface area contributed by atoms with Gasteiger partial charge in [0.15, 0.2) is 0 Å². The first-order valence-electron chi connectivity index (χ1n) is 8.40. The van der Waals surface area contributed by atoms with Crippen LogP contribution in [-0.2, 0) is 4.79 Å².